The molecule has 2 atom stereocenters. The lowest BCUT2D eigenvalue weighted by Crippen LogP contribution is -2.24. The summed E-state index contributed by atoms with van der Waals surface area (Å²) in [5, 5.41) is -0.796. The second-order valence-electron chi connectivity index (χ2n) is 7.28. The number of hydrogen-bond acceptors (Lipinski definition) is 5. The van der Waals surface area contributed by atoms with Crippen LogP contribution in [0, 0.1) is 0 Å². The molecule has 0 aliphatic rings. The van der Waals surface area contributed by atoms with E-state index >= 15 is 0 Å². The summed E-state index contributed by atoms with van der Waals surface area (Å²) >= 11 is 0. The Morgan fingerprint density at radius 3 is 2.10 bits per heavy atom. The van der Waals surface area contributed by atoms with Crippen molar-refractivity contribution in [1.82, 2.24) is 0 Å². The molecule has 0 amide bonds. The zero-order valence-corrected chi connectivity index (χ0v) is 19.3. The summed E-state index contributed by atoms with van der Waals surface area (Å²) in [6, 6.07) is 17.4. The minimum absolute atomic E-state index is 0.0271. The Bertz CT molecular complexity index is 1030. The highest BCUT2D eigenvalue weighted by molar-refractivity contribution is 7.92. The molecule has 7 heteroatoms. The number of rotatable bonds is 12. The molecule has 2 aromatic rings. The number of carbonyl (C=O) groups is 1. The normalized spacial score (nSPS) is 13.2. The molecule has 0 fully saturated rings. The molecule has 0 unspecified atom stereocenters. The van der Waals surface area contributed by atoms with E-state index in [1.807, 2.05) is 18.2 Å². The van der Waals surface area contributed by atoms with E-state index in [-0.39, 0.29) is 24.3 Å². The SMILES string of the molecule is C=C(CC[S@](=O)c1ccccc1)C[C@H](CC(=C)COC(C)=O)S(=O)(=O)c1ccccc1. The van der Waals surface area contributed by atoms with E-state index in [2.05, 4.69) is 13.2 Å². The minimum Gasteiger partial charge on any atom is -0.461 e. The van der Waals surface area contributed by atoms with Crippen LogP contribution in [0.2, 0.25) is 0 Å². The van der Waals surface area contributed by atoms with E-state index < -0.39 is 31.9 Å². The maximum Gasteiger partial charge on any atom is 0.302 e. The standard InChI is InChI=1S/C24H28O5S2/c1-19(14-15-30(26)22-10-6-4-7-11-22)16-24(17-20(2)18-29-21(3)25)31(27,28)23-12-8-5-9-13-23/h4-13,24H,1-2,14-18H2,3H3/t24-,30+/m1/s1. The van der Waals surface area contributed by atoms with Crippen LogP contribution in [0.15, 0.2) is 94.8 Å². The molecule has 0 aromatic heterocycles. The van der Waals surface area contributed by atoms with E-state index in [1.54, 1.807) is 42.5 Å². The predicted octanol–water partition coefficient (Wildman–Crippen LogP) is 4.48. The highest BCUT2D eigenvalue weighted by atomic mass is 32.2. The maximum absolute atomic E-state index is 13.3. The summed E-state index contributed by atoms with van der Waals surface area (Å²) in [7, 11) is -4.84. The van der Waals surface area contributed by atoms with Crippen molar-refractivity contribution in [2.24, 2.45) is 0 Å². The summed E-state index contributed by atoms with van der Waals surface area (Å²) in [5.74, 6) is -0.0774. The summed E-state index contributed by atoms with van der Waals surface area (Å²) in [6.07, 6.45) is 0.798. The topological polar surface area (TPSA) is 77.5 Å². The van der Waals surface area contributed by atoms with Crippen LogP contribution >= 0.6 is 0 Å². The number of esters is 1. The van der Waals surface area contributed by atoms with Gasteiger partial charge in [-0.05, 0) is 49.1 Å². The lowest BCUT2D eigenvalue weighted by molar-refractivity contribution is -0.140. The van der Waals surface area contributed by atoms with Gasteiger partial charge < -0.3 is 4.74 Å². The van der Waals surface area contributed by atoms with Crippen LogP contribution < -0.4 is 0 Å². The molecule has 0 saturated carbocycles. The van der Waals surface area contributed by atoms with Crippen molar-refractivity contribution in [3.05, 3.63) is 85.0 Å². The fourth-order valence-electron chi connectivity index (χ4n) is 3.03. The molecule has 31 heavy (non-hydrogen) atoms. The third-order valence-corrected chi connectivity index (χ3v) is 8.18. The molecule has 0 N–H and O–H groups in total. The zero-order chi connectivity index (χ0) is 22.9. The van der Waals surface area contributed by atoms with Crippen LogP contribution in [-0.2, 0) is 30.2 Å². The van der Waals surface area contributed by atoms with Crippen molar-refractivity contribution in [2.45, 2.75) is 41.2 Å². The van der Waals surface area contributed by atoms with Gasteiger partial charge in [0.1, 0.15) is 6.61 Å². The molecule has 0 heterocycles. The highest BCUT2D eigenvalue weighted by Gasteiger charge is 2.28. The first-order valence-electron chi connectivity index (χ1n) is 9.89. The van der Waals surface area contributed by atoms with Gasteiger partial charge in [0.05, 0.1) is 20.9 Å². The molecule has 2 aromatic carbocycles. The molecular weight excluding hydrogens is 432 g/mol. The van der Waals surface area contributed by atoms with Gasteiger partial charge in [0, 0.05) is 17.6 Å². The van der Waals surface area contributed by atoms with E-state index in [1.165, 1.54) is 6.92 Å². The molecule has 2 rings (SSSR count). The molecule has 0 aliphatic carbocycles. The molecule has 0 spiro atoms. The molecule has 0 bridgehead atoms. The average molecular weight is 461 g/mol. The number of hydrogen-bond donors (Lipinski definition) is 0. The average Bonchev–Trinajstić information content (AvgIpc) is 2.76. The molecule has 5 nitrogen and oxygen atoms in total. The van der Waals surface area contributed by atoms with E-state index in [0.717, 1.165) is 4.90 Å². The molecule has 0 saturated heterocycles. The number of allylic oxidation sites excluding steroid dienone is 1. The minimum atomic E-state index is -3.66. The van der Waals surface area contributed by atoms with Crippen molar-refractivity contribution in [3.8, 4) is 0 Å². The first-order chi connectivity index (χ1) is 14.7. The zero-order valence-electron chi connectivity index (χ0n) is 17.7. The summed E-state index contributed by atoms with van der Waals surface area (Å²) < 4.78 is 43.9. The van der Waals surface area contributed by atoms with E-state index in [0.29, 0.717) is 23.3 Å². The Balaban J connectivity index is 2.10. The van der Waals surface area contributed by atoms with E-state index in [9.17, 15) is 17.4 Å². The lowest BCUT2D eigenvalue weighted by Gasteiger charge is -2.20. The summed E-state index contributed by atoms with van der Waals surface area (Å²) in [6.45, 7) is 9.17. The van der Waals surface area contributed by atoms with Crippen molar-refractivity contribution < 1.29 is 22.2 Å². The van der Waals surface area contributed by atoms with Gasteiger partial charge in [-0.2, -0.15) is 0 Å². The third-order valence-electron chi connectivity index (χ3n) is 4.67. The second-order valence-corrected chi connectivity index (χ2v) is 11.1. The molecular formula is C24H28O5S2. The van der Waals surface area contributed by atoms with Crippen molar-refractivity contribution in [1.29, 1.82) is 0 Å². The third kappa shape index (κ3) is 7.92. The van der Waals surface area contributed by atoms with Crippen molar-refractivity contribution in [2.75, 3.05) is 12.4 Å². The molecule has 166 valence electrons. The van der Waals surface area contributed by atoms with Gasteiger partial charge in [0.2, 0.25) is 0 Å². The van der Waals surface area contributed by atoms with Crippen LogP contribution in [-0.4, -0.2) is 36.2 Å². The monoisotopic (exact) mass is 460 g/mol. The summed E-state index contributed by atoms with van der Waals surface area (Å²) in [5.41, 5.74) is 1.22. The first-order valence-corrected chi connectivity index (χ1v) is 12.8. The van der Waals surface area contributed by atoms with E-state index in [4.69, 9.17) is 4.74 Å². The van der Waals surface area contributed by atoms with Crippen LogP contribution in [0.25, 0.3) is 0 Å². The number of benzene rings is 2. The van der Waals surface area contributed by atoms with Gasteiger partial charge in [-0.3, -0.25) is 9.00 Å². The Labute approximate surface area is 187 Å². The highest BCUT2D eigenvalue weighted by Crippen LogP contribution is 2.27. The van der Waals surface area contributed by atoms with Crippen LogP contribution in [0.4, 0.5) is 0 Å². The fraction of sp³-hybridized carbons (Fsp3) is 0.292. The van der Waals surface area contributed by atoms with Gasteiger partial charge in [0.25, 0.3) is 0 Å². The van der Waals surface area contributed by atoms with Crippen molar-refractivity contribution in [3.63, 3.8) is 0 Å². The van der Waals surface area contributed by atoms with Crippen LogP contribution in [0.1, 0.15) is 26.2 Å². The van der Waals surface area contributed by atoms with Crippen LogP contribution in [0.3, 0.4) is 0 Å². The Kier molecular flexibility index (Phi) is 9.40. The van der Waals surface area contributed by atoms with Gasteiger partial charge in [-0.1, -0.05) is 55.1 Å². The number of ether oxygens (including phenoxy) is 1. The van der Waals surface area contributed by atoms with Crippen molar-refractivity contribution >= 4 is 26.6 Å². The van der Waals surface area contributed by atoms with Gasteiger partial charge in [-0.25, -0.2) is 8.42 Å². The largest absolute Gasteiger partial charge is 0.461 e. The predicted molar refractivity (Wildman–Crippen MR) is 124 cm³/mol. The second kappa shape index (κ2) is 11.8. The molecule has 0 radical (unpaired) electrons. The Hall–Kier alpha value is -2.51. The molecule has 0 aliphatic heterocycles. The van der Waals surface area contributed by atoms with Crippen LogP contribution in [0.5, 0.6) is 0 Å². The Morgan fingerprint density at radius 1 is 0.968 bits per heavy atom. The quantitative estimate of drug-likeness (QED) is 0.345. The number of carbonyl (C=O) groups excluding carboxylic acids is 1. The lowest BCUT2D eigenvalue weighted by atomic mass is 10.0. The summed E-state index contributed by atoms with van der Waals surface area (Å²) in [4.78, 5) is 12.0. The van der Waals surface area contributed by atoms with Gasteiger partial charge in [0.15, 0.2) is 9.84 Å². The Morgan fingerprint density at radius 2 is 1.52 bits per heavy atom. The first kappa shape index (κ1) is 24.8. The smallest absolute Gasteiger partial charge is 0.302 e. The van der Waals surface area contributed by atoms with Gasteiger partial charge in [-0.15, -0.1) is 0 Å². The maximum atomic E-state index is 13.3. The fourth-order valence-corrected chi connectivity index (χ4v) is 6.03. The number of sulfone groups is 1. The van der Waals surface area contributed by atoms with Gasteiger partial charge >= 0.3 is 5.97 Å².